The molecule has 1 aromatic carbocycles. The molecule has 0 spiro atoms. The Morgan fingerprint density at radius 3 is 2.33 bits per heavy atom. The molecule has 0 bridgehead atoms. The number of hydrogen-bond acceptors (Lipinski definition) is 3. The standard InChI is InChI=1S/C13H18N2O3/c1-8(2)9-6-4-5-7-10(9)15-12(16)11(14-3)13(17)18/h4-8,11,14H,1-3H3,(H,15,16)(H,17,18). The summed E-state index contributed by atoms with van der Waals surface area (Å²) in [4.78, 5) is 22.7. The lowest BCUT2D eigenvalue weighted by atomic mass is 10.0. The molecule has 1 aromatic rings. The topological polar surface area (TPSA) is 78.4 Å². The van der Waals surface area contributed by atoms with Crippen LogP contribution in [0.2, 0.25) is 0 Å². The van der Waals surface area contributed by atoms with E-state index in [2.05, 4.69) is 10.6 Å². The van der Waals surface area contributed by atoms with Crippen LogP contribution in [0.4, 0.5) is 5.69 Å². The van der Waals surface area contributed by atoms with Crippen LogP contribution in [0, 0.1) is 0 Å². The highest BCUT2D eigenvalue weighted by molar-refractivity contribution is 6.08. The third-order valence-corrected chi connectivity index (χ3v) is 2.64. The van der Waals surface area contributed by atoms with Crippen molar-refractivity contribution in [3.05, 3.63) is 29.8 Å². The number of carboxylic acid groups (broad SMARTS) is 1. The summed E-state index contributed by atoms with van der Waals surface area (Å²) in [5.74, 6) is -1.52. The number of rotatable bonds is 5. The number of para-hydroxylation sites is 1. The van der Waals surface area contributed by atoms with Crippen LogP contribution in [0.1, 0.15) is 25.3 Å². The first kappa shape index (κ1) is 14.2. The summed E-state index contributed by atoms with van der Waals surface area (Å²) in [6, 6.07) is 6.12. The molecule has 1 amide bonds. The molecule has 0 aliphatic heterocycles. The highest BCUT2D eigenvalue weighted by atomic mass is 16.4. The second kappa shape index (κ2) is 6.16. The zero-order valence-corrected chi connectivity index (χ0v) is 10.7. The van der Waals surface area contributed by atoms with Gasteiger partial charge >= 0.3 is 5.97 Å². The fraction of sp³-hybridized carbons (Fsp3) is 0.385. The van der Waals surface area contributed by atoms with E-state index in [0.717, 1.165) is 5.56 Å². The number of anilines is 1. The van der Waals surface area contributed by atoms with E-state index in [1.807, 2.05) is 26.0 Å². The molecule has 1 rings (SSSR count). The monoisotopic (exact) mass is 250 g/mol. The molecule has 0 aliphatic carbocycles. The smallest absolute Gasteiger partial charge is 0.330 e. The molecule has 0 fully saturated rings. The van der Waals surface area contributed by atoms with Crippen LogP contribution in [0.15, 0.2) is 24.3 Å². The normalized spacial score (nSPS) is 12.2. The first-order valence-electron chi connectivity index (χ1n) is 5.77. The van der Waals surface area contributed by atoms with Crippen molar-refractivity contribution in [3.8, 4) is 0 Å². The van der Waals surface area contributed by atoms with Crippen molar-refractivity contribution in [1.29, 1.82) is 0 Å². The van der Waals surface area contributed by atoms with Gasteiger partial charge in [-0.15, -0.1) is 0 Å². The third-order valence-electron chi connectivity index (χ3n) is 2.64. The molecule has 5 heteroatoms. The van der Waals surface area contributed by atoms with E-state index in [9.17, 15) is 9.59 Å². The van der Waals surface area contributed by atoms with Gasteiger partial charge in [0.1, 0.15) is 0 Å². The molecular formula is C13H18N2O3. The zero-order chi connectivity index (χ0) is 13.7. The molecule has 0 aliphatic rings. The summed E-state index contributed by atoms with van der Waals surface area (Å²) in [5.41, 5.74) is 1.63. The van der Waals surface area contributed by atoms with Gasteiger partial charge in [-0.2, -0.15) is 0 Å². The predicted molar refractivity (Wildman–Crippen MR) is 69.6 cm³/mol. The minimum Gasteiger partial charge on any atom is -0.480 e. The molecule has 1 unspecified atom stereocenters. The number of nitrogens with one attached hydrogen (secondary N) is 2. The fourth-order valence-corrected chi connectivity index (χ4v) is 1.69. The average molecular weight is 250 g/mol. The number of aliphatic carboxylic acids is 1. The van der Waals surface area contributed by atoms with Gasteiger partial charge in [0.15, 0.2) is 6.04 Å². The summed E-state index contributed by atoms with van der Waals surface area (Å²) < 4.78 is 0. The molecule has 0 heterocycles. The number of carbonyl (C=O) groups is 2. The number of carboxylic acids is 1. The molecule has 0 saturated carbocycles. The van der Waals surface area contributed by atoms with Gasteiger partial charge in [-0.3, -0.25) is 10.1 Å². The van der Waals surface area contributed by atoms with E-state index < -0.39 is 17.9 Å². The maximum absolute atomic E-state index is 11.8. The van der Waals surface area contributed by atoms with Crippen molar-refractivity contribution < 1.29 is 14.7 Å². The number of carbonyl (C=O) groups excluding carboxylic acids is 1. The van der Waals surface area contributed by atoms with Crippen molar-refractivity contribution in [2.24, 2.45) is 0 Å². The minimum atomic E-state index is -1.25. The van der Waals surface area contributed by atoms with Gasteiger partial charge in [-0.05, 0) is 24.6 Å². The summed E-state index contributed by atoms with van der Waals surface area (Å²) in [6.07, 6.45) is 0. The summed E-state index contributed by atoms with van der Waals surface area (Å²) in [5, 5.41) is 14.0. The molecule has 1 atom stereocenters. The molecule has 3 N–H and O–H groups in total. The van der Waals surface area contributed by atoms with Crippen LogP contribution in [0.5, 0.6) is 0 Å². The van der Waals surface area contributed by atoms with Gasteiger partial charge in [0.05, 0.1) is 0 Å². The van der Waals surface area contributed by atoms with Crippen LogP contribution in [0.25, 0.3) is 0 Å². The molecule has 0 aromatic heterocycles. The molecule has 18 heavy (non-hydrogen) atoms. The Balaban J connectivity index is 2.91. The quantitative estimate of drug-likeness (QED) is 0.691. The Kier molecular flexibility index (Phi) is 4.85. The first-order valence-corrected chi connectivity index (χ1v) is 5.77. The Morgan fingerprint density at radius 1 is 1.22 bits per heavy atom. The lowest BCUT2D eigenvalue weighted by molar-refractivity contribution is -0.142. The summed E-state index contributed by atoms with van der Waals surface area (Å²) in [6.45, 7) is 4.02. The van der Waals surface area contributed by atoms with Gasteiger partial charge in [-0.25, -0.2) is 4.79 Å². The number of likely N-dealkylation sites (N-methyl/N-ethyl adjacent to an activating group) is 1. The predicted octanol–water partition coefficient (Wildman–Crippen LogP) is 1.42. The van der Waals surface area contributed by atoms with E-state index >= 15 is 0 Å². The third kappa shape index (κ3) is 3.30. The maximum Gasteiger partial charge on any atom is 0.330 e. The van der Waals surface area contributed by atoms with Crippen LogP contribution in [-0.4, -0.2) is 30.1 Å². The van der Waals surface area contributed by atoms with Gasteiger partial charge in [0.25, 0.3) is 5.91 Å². The largest absolute Gasteiger partial charge is 0.480 e. The Bertz CT molecular complexity index is 444. The second-order valence-corrected chi connectivity index (χ2v) is 4.29. The van der Waals surface area contributed by atoms with Crippen molar-refractivity contribution >= 4 is 17.6 Å². The number of amides is 1. The van der Waals surface area contributed by atoms with E-state index in [4.69, 9.17) is 5.11 Å². The molecule has 5 nitrogen and oxygen atoms in total. The maximum atomic E-state index is 11.8. The molecule has 0 saturated heterocycles. The summed E-state index contributed by atoms with van der Waals surface area (Å²) >= 11 is 0. The van der Waals surface area contributed by atoms with Crippen molar-refractivity contribution in [2.45, 2.75) is 25.8 Å². The van der Waals surface area contributed by atoms with Gasteiger partial charge in [0, 0.05) is 5.69 Å². The summed E-state index contributed by atoms with van der Waals surface area (Å²) in [7, 11) is 1.44. The van der Waals surface area contributed by atoms with Gasteiger partial charge in [-0.1, -0.05) is 32.0 Å². The van der Waals surface area contributed by atoms with Gasteiger partial charge in [0.2, 0.25) is 0 Å². The molecular weight excluding hydrogens is 232 g/mol. The van der Waals surface area contributed by atoms with Crippen molar-refractivity contribution in [3.63, 3.8) is 0 Å². The zero-order valence-electron chi connectivity index (χ0n) is 10.7. The first-order chi connectivity index (χ1) is 8.47. The average Bonchev–Trinajstić information content (AvgIpc) is 2.29. The van der Waals surface area contributed by atoms with E-state index in [0.29, 0.717) is 5.69 Å². The lowest BCUT2D eigenvalue weighted by Gasteiger charge is -2.16. The van der Waals surface area contributed by atoms with Crippen molar-refractivity contribution in [1.82, 2.24) is 5.32 Å². The molecule has 0 radical (unpaired) electrons. The van der Waals surface area contributed by atoms with Crippen molar-refractivity contribution in [2.75, 3.05) is 12.4 Å². The lowest BCUT2D eigenvalue weighted by Crippen LogP contribution is -2.44. The minimum absolute atomic E-state index is 0.249. The number of benzene rings is 1. The van der Waals surface area contributed by atoms with E-state index in [1.165, 1.54) is 7.05 Å². The van der Waals surface area contributed by atoms with Crippen LogP contribution in [-0.2, 0) is 9.59 Å². The van der Waals surface area contributed by atoms with Gasteiger partial charge < -0.3 is 10.4 Å². The Labute approximate surface area is 106 Å². The Hall–Kier alpha value is -1.88. The number of hydrogen-bond donors (Lipinski definition) is 3. The van der Waals surface area contributed by atoms with Crippen LogP contribution in [0.3, 0.4) is 0 Å². The van der Waals surface area contributed by atoms with Crippen LogP contribution >= 0.6 is 0 Å². The van der Waals surface area contributed by atoms with E-state index in [1.54, 1.807) is 12.1 Å². The fourth-order valence-electron chi connectivity index (χ4n) is 1.69. The van der Waals surface area contributed by atoms with Crippen LogP contribution < -0.4 is 10.6 Å². The molecule has 98 valence electrons. The highest BCUT2D eigenvalue weighted by Crippen LogP contribution is 2.23. The Morgan fingerprint density at radius 2 is 1.83 bits per heavy atom. The highest BCUT2D eigenvalue weighted by Gasteiger charge is 2.24. The SMILES string of the molecule is CNC(C(=O)O)C(=O)Nc1ccccc1C(C)C. The second-order valence-electron chi connectivity index (χ2n) is 4.29. The van der Waals surface area contributed by atoms with E-state index in [-0.39, 0.29) is 5.92 Å².